The van der Waals surface area contributed by atoms with Crippen LogP contribution in [0.2, 0.25) is 0 Å². The van der Waals surface area contributed by atoms with Gasteiger partial charge in [-0.05, 0) is 32.1 Å². The highest BCUT2D eigenvalue weighted by atomic mass is 16.5. The highest BCUT2D eigenvalue weighted by Gasteiger charge is 2.35. The summed E-state index contributed by atoms with van der Waals surface area (Å²) in [6.07, 6.45) is 2.56. The van der Waals surface area contributed by atoms with Crippen LogP contribution in [-0.4, -0.2) is 41.9 Å². The van der Waals surface area contributed by atoms with Crippen molar-refractivity contribution >= 4 is 5.96 Å². The number of nitrogens with one attached hydrogen (secondary N) is 2. The van der Waals surface area contributed by atoms with Gasteiger partial charge < -0.3 is 19.9 Å². The van der Waals surface area contributed by atoms with Gasteiger partial charge in [-0.1, -0.05) is 25.9 Å². The van der Waals surface area contributed by atoms with Crippen LogP contribution in [0.25, 0.3) is 0 Å². The zero-order valence-electron chi connectivity index (χ0n) is 15.6. The van der Waals surface area contributed by atoms with Gasteiger partial charge in [-0.25, -0.2) is 4.99 Å². The first kappa shape index (κ1) is 18.7. The summed E-state index contributed by atoms with van der Waals surface area (Å²) in [7, 11) is 0. The summed E-state index contributed by atoms with van der Waals surface area (Å²) in [6, 6.07) is 0. The Morgan fingerprint density at radius 2 is 2.12 bits per heavy atom. The topological polar surface area (TPSA) is 84.6 Å². The molecule has 0 amide bonds. The van der Waals surface area contributed by atoms with Crippen molar-refractivity contribution < 1.29 is 9.26 Å². The molecule has 2 unspecified atom stereocenters. The monoisotopic (exact) mass is 337 g/mol. The molecule has 7 heteroatoms. The van der Waals surface area contributed by atoms with Crippen LogP contribution in [-0.2, 0) is 11.3 Å². The number of nitrogens with zero attached hydrogens (tertiary/aromatic N) is 3. The van der Waals surface area contributed by atoms with Crippen molar-refractivity contribution in [3.8, 4) is 0 Å². The molecule has 1 aromatic rings. The van der Waals surface area contributed by atoms with Crippen molar-refractivity contribution in [3.63, 3.8) is 0 Å². The maximum Gasteiger partial charge on any atom is 0.248 e. The maximum absolute atomic E-state index is 6.05. The molecule has 0 aliphatic carbocycles. The van der Waals surface area contributed by atoms with Gasteiger partial charge in [0.2, 0.25) is 5.89 Å². The van der Waals surface area contributed by atoms with Gasteiger partial charge in [-0.2, -0.15) is 4.98 Å². The molecule has 1 saturated heterocycles. The lowest BCUT2D eigenvalue weighted by Crippen LogP contribution is -2.47. The predicted molar refractivity (Wildman–Crippen MR) is 93.8 cm³/mol. The van der Waals surface area contributed by atoms with E-state index in [4.69, 9.17) is 9.26 Å². The summed E-state index contributed by atoms with van der Waals surface area (Å²) in [6.45, 7) is 13.5. The second kappa shape index (κ2) is 8.46. The smallest absolute Gasteiger partial charge is 0.248 e. The van der Waals surface area contributed by atoms with E-state index in [1.165, 1.54) is 6.42 Å². The molecule has 0 saturated carbocycles. The van der Waals surface area contributed by atoms with E-state index in [2.05, 4.69) is 53.5 Å². The van der Waals surface area contributed by atoms with E-state index in [1.807, 2.05) is 0 Å². The zero-order chi connectivity index (χ0) is 17.6. The van der Waals surface area contributed by atoms with Gasteiger partial charge in [-0.3, -0.25) is 0 Å². The molecule has 7 nitrogen and oxygen atoms in total. The van der Waals surface area contributed by atoms with Crippen molar-refractivity contribution in [1.29, 1.82) is 0 Å². The number of aliphatic imine (C=N–C) groups is 1. The molecule has 2 heterocycles. The summed E-state index contributed by atoms with van der Waals surface area (Å²) >= 11 is 0. The van der Waals surface area contributed by atoms with Crippen molar-refractivity contribution in [3.05, 3.63) is 11.7 Å². The summed E-state index contributed by atoms with van der Waals surface area (Å²) < 4.78 is 11.2. The maximum atomic E-state index is 6.05. The Morgan fingerprint density at radius 3 is 2.75 bits per heavy atom. The number of hydrogen-bond donors (Lipinski definition) is 2. The lowest BCUT2D eigenvalue weighted by atomic mass is 9.78. The molecule has 0 aromatic carbocycles. The van der Waals surface area contributed by atoms with Crippen LogP contribution in [0.1, 0.15) is 52.3 Å². The van der Waals surface area contributed by atoms with Crippen molar-refractivity contribution in [1.82, 2.24) is 20.8 Å². The van der Waals surface area contributed by atoms with Crippen LogP contribution in [0.3, 0.4) is 0 Å². The average molecular weight is 337 g/mol. The normalized spacial score (nSPS) is 22.5. The first-order valence-electron chi connectivity index (χ1n) is 8.83. The second-order valence-corrected chi connectivity index (χ2v) is 7.37. The number of rotatable bonds is 5. The van der Waals surface area contributed by atoms with E-state index < -0.39 is 0 Å². The fourth-order valence-electron chi connectivity index (χ4n) is 3.13. The van der Waals surface area contributed by atoms with Gasteiger partial charge in [0.05, 0.1) is 6.10 Å². The molecular weight excluding hydrogens is 306 g/mol. The molecule has 1 aromatic heterocycles. The quantitative estimate of drug-likeness (QED) is 0.633. The van der Waals surface area contributed by atoms with Gasteiger partial charge in [0.15, 0.2) is 11.8 Å². The van der Waals surface area contributed by atoms with Crippen LogP contribution < -0.4 is 10.6 Å². The minimum Gasteiger partial charge on any atom is -0.377 e. The van der Waals surface area contributed by atoms with Gasteiger partial charge in [0.25, 0.3) is 0 Å². The molecule has 136 valence electrons. The molecule has 2 rings (SSSR count). The third kappa shape index (κ3) is 5.47. The van der Waals surface area contributed by atoms with Crippen molar-refractivity contribution in [2.45, 2.75) is 60.1 Å². The Hall–Kier alpha value is -1.63. The SMILES string of the molecule is CCNC(=NCc1nc(C)no1)NCC1CCCOC1C(C)(C)C. The third-order valence-electron chi connectivity index (χ3n) is 4.12. The predicted octanol–water partition coefficient (Wildman–Crippen LogP) is 2.27. The molecular formula is C17H31N5O2. The van der Waals surface area contributed by atoms with Crippen LogP contribution in [0.5, 0.6) is 0 Å². The zero-order valence-corrected chi connectivity index (χ0v) is 15.6. The molecule has 24 heavy (non-hydrogen) atoms. The first-order chi connectivity index (χ1) is 11.4. The first-order valence-corrected chi connectivity index (χ1v) is 8.83. The Labute approximate surface area is 144 Å². The average Bonchev–Trinajstić information content (AvgIpc) is 2.95. The summed E-state index contributed by atoms with van der Waals surface area (Å²) in [5, 5.41) is 10.5. The molecule has 0 spiro atoms. The van der Waals surface area contributed by atoms with Gasteiger partial charge >= 0.3 is 0 Å². The van der Waals surface area contributed by atoms with Crippen LogP contribution in [0.15, 0.2) is 9.52 Å². The van der Waals surface area contributed by atoms with E-state index >= 15 is 0 Å². The molecule has 2 atom stereocenters. The number of hydrogen-bond acceptors (Lipinski definition) is 5. The molecule has 1 fully saturated rings. The van der Waals surface area contributed by atoms with Crippen LogP contribution in [0, 0.1) is 18.3 Å². The van der Waals surface area contributed by atoms with E-state index in [-0.39, 0.29) is 11.5 Å². The highest BCUT2D eigenvalue weighted by molar-refractivity contribution is 5.79. The molecule has 0 bridgehead atoms. The lowest BCUT2D eigenvalue weighted by Gasteiger charge is -2.40. The van der Waals surface area contributed by atoms with Crippen LogP contribution in [0.4, 0.5) is 0 Å². The minimum atomic E-state index is 0.142. The largest absolute Gasteiger partial charge is 0.377 e. The Balaban J connectivity index is 1.94. The van der Waals surface area contributed by atoms with Gasteiger partial charge in [0.1, 0.15) is 6.54 Å². The van der Waals surface area contributed by atoms with Crippen molar-refractivity contribution in [2.24, 2.45) is 16.3 Å². The van der Waals surface area contributed by atoms with Crippen LogP contribution >= 0.6 is 0 Å². The summed E-state index contributed by atoms with van der Waals surface area (Å²) in [5.74, 6) is 2.41. The van der Waals surface area contributed by atoms with Gasteiger partial charge in [-0.15, -0.1) is 0 Å². The number of aryl methyl sites for hydroxylation is 1. The number of ether oxygens (including phenoxy) is 1. The number of aromatic nitrogens is 2. The molecule has 2 N–H and O–H groups in total. The molecule has 1 aliphatic rings. The fourth-order valence-corrected chi connectivity index (χ4v) is 3.13. The molecule has 0 radical (unpaired) electrons. The minimum absolute atomic E-state index is 0.142. The Morgan fingerprint density at radius 1 is 1.33 bits per heavy atom. The summed E-state index contributed by atoms with van der Waals surface area (Å²) in [4.78, 5) is 8.70. The lowest BCUT2D eigenvalue weighted by molar-refractivity contribution is -0.0835. The van der Waals surface area contributed by atoms with E-state index in [9.17, 15) is 0 Å². The van der Waals surface area contributed by atoms with E-state index in [0.29, 0.717) is 24.2 Å². The van der Waals surface area contributed by atoms with E-state index in [0.717, 1.165) is 32.1 Å². The highest BCUT2D eigenvalue weighted by Crippen LogP contribution is 2.33. The van der Waals surface area contributed by atoms with E-state index in [1.54, 1.807) is 6.92 Å². The van der Waals surface area contributed by atoms with Gasteiger partial charge in [0, 0.05) is 25.6 Å². The Kier molecular flexibility index (Phi) is 6.60. The second-order valence-electron chi connectivity index (χ2n) is 7.37. The summed E-state index contributed by atoms with van der Waals surface area (Å²) in [5.41, 5.74) is 0.142. The number of guanidine groups is 1. The van der Waals surface area contributed by atoms with Crippen molar-refractivity contribution in [2.75, 3.05) is 19.7 Å². The third-order valence-corrected chi connectivity index (χ3v) is 4.12. The Bertz CT molecular complexity index is 535. The fraction of sp³-hybridized carbons (Fsp3) is 0.824. The molecule has 1 aliphatic heterocycles. The standard InChI is InChI=1S/C17H31N5O2/c1-6-18-16(20-11-14-21-12(2)22-24-14)19-10-13-8-7-9-23-15(13)17(3,4)5/h13,15H,6-11H2,1-5H3,(H2,18,19,20).